The summed E-state index contributed by atoms with van der Waals surface area (Å²) < 4.78 is 26.6. The molecule has 0 spiro atoms. The molecule has 2 aromatic carbocycles. The van der Waals surface area contributed by atoms with Gasteiger partial charge < -0.3 is 5.32 Å². The Morgan fingerprint density at radius 2 is 1.93 bits per heavy atom. The van der Waals surface area contributed by atoms with Crippen molar-refractivity contribution in [2.45, 2.75) is 26.7 Å². The third-order valence-corrected chi connectivity index (χ3v) is 6.63. The fourth-order valence-corrected chi connectivity index (χ4v) is 4.09. The summed E-state index contributed by atoms with van der Waals surface area (Å²) in [6, 6.07) is 10.7. The van der Waals surface area contributed by atoms with Gasteiger partial charge in [-0.15, -0.1) is 0 Å². The molecule has 0 aromatic heterocycles. The van der Waals surface area contributed by atoms with E-state index < -0.39 is 10.0 Å². The molecule has 2 rings (SSSR count). The van der Waals surface area contributed by atoms with E-state index in [1.165, 1.54) is 10.6 Å². The van der Waals surface area contributed by atoms with Gasteiger partial charge in [0.15, 0.2) is 0 Å². The van der Waals surface area contributed by atoms with Crippen molar-refractivity contribution < 1.29 is 13.2 Å². The van der Waals surface area contributed by atoms with Gasteiger partial charge in [-0.25, -0.2) is 8.42 Å². The van der Waals surface area contributed by atoms with E-state index in [0.29, 0.717) is 22.8 Å². The summed E-state index contributed by atoms with van der Waals surface area (Å²) in [5, 5.41) is 3.28. The van der Waals surface area contributed by atoms with Gasteiger partial charge in [-0.1, -0.05) is 23.7 Å². The average Bonchev–Trinajstić information content (AvgIpc) is 2.57. The fraction of sp³-hybridized carbons (Fsp3) is 0.316. The molecule has 0 atom stereocenters. The fourth-order valence-electron chi connectivity index (χ4n) is 2.65. The molecule has 5 nitrogen and oxygen atoms in total. The first-order valence-electron chi connectivity index (χ1n) is 8.38. The molecule has 0 aliphatic rings. The maximum atomic E-state index is 12.2. The number of hydrogen-bond donors (Lipinski definition) is 1. The molecule has 1 N–H and O–H groups in total. The minimum atomic E-state index is -3.45. The van der Waals surface area contributed by atoms with Crippen molar-refractivity contribution in [1.82, 2.24) is 0 Å². The van der Waals surface area contributed by atoms with Crippen molar-refractivity contribution >= 4 is 54.8 Å². The van der Waals surface area contributed by atoms with E-state index in [-0.39, 0.29) is 18.9 Å². The Morgan fingerprint density at radius 1 is 1.22 bits per heavy atom. The van der Waals surface area contributed by atoms with E-state index in [0.717, 1.165) is 15.6 Å². The number of halogens is 2. The molecule has 8 heteroatoms. The van der Waals surface area contributed by atoms with Gasteiger partial charge in [0.25, 0.3) is 0 Å². The molecule has 0 aliphatic heterocycles. The number of anilines is 2. The van der Waals surface area contributed by atoms with Gasteiger partial charge in [0.1, 0.15) is 0 Å². The molecule has 0 radical (unpaired) electrons. The molecule has 0 unspecified atom stereocenters. The highest BCUT2D eigenvalue weighted by molar-refractivity contribution is 9.10. The zero-order valence-electron chi connectivity index (χ0n) is 15.4. The number of rotatable bonds is 7. The molecule has 0 saturated carbocycles. The van der Waals surface area contributed by atoms with Crippen LogP contribution in [0.15, 0.2) is 40.9 Å². The smallest absolute Gasteiger partial charge is 0.232 e. The normalized spacial score (nSPS) is 11.3. The first-order chi connectivity index (χ1) is 12.6. The van der Waals surface area contributed by atoms with Crippen molar-refractivity contribution in [3.8, 4) is 0 Å². The second kappa shape index (κ2) is 9.08. The van der Waals surface area contributed by atoms with Crippen LogP contribution in [-0.2, 0) is 14.8 Å². The number of hydrogen-bond acceptors (Lipinski definition) is 3. The summed E-state index contributed by atoms with van der Waals surface area (Å²) in [7, 11) is -3.45. The number of nitrogens with one attached hydrogen (secondary N) is 1. The SMILES string of the molecule is Cc1cccc(N(CCCC(=O)Nc2ccc(Br)c(Cl)c2)S(C)(=O)=O)c1C. The van der Waals surface area contributed by atoms with E-state index in [1.807, 2.05) is 26.0 Å². The van der Waals surface area contributed by atoms with E-state index in [9.17, 15) is 13.2 Å². The molecular weight excluding hydrogens is 452 g/mol. The van der Waals surface area contributed by atoms with Crippen molar-refractivity contribution in [3.63, 3.8) is 0 Å². The Hall–Kier alpha value is -1.57. The summed E-state index contributed by atoms with van der Waals surface area (Å²) in [4.78, 5) is 12.2. The van der Waals surface area contributed by atoms with Gasteiger partial charge in [-0.05, 0) is 71.6 Å². The number of carbonyl (C=O) groups is 1. The first kappa shape index (κ1) is 21.7. The average molecular weight is 474 g/mol. The number of benzene rings is 2. The van der Waals surface area contributed by atoms with Crippen molar-refractivity contribution in [1.29, 1.82) is 0 Å². The standard InChI is InChI=1S/C19H22BrClN2O3S/c1-13-6-4-7-18(14(13)2)23(27(3,25)26)11-5-8-19(24)22-15-9-10-16(20)17(21)12-15/h4,6-7,9-10,12H,5,8,11H2,1-3H3,(H,22,24). The Labute approximate surface area is 173 Å². The van der Waals surface area contributed by atoms with Gasteiger partial charge in [0.05, 0.1) is 17.0 Å². The zero-order valence-corrected chi connectivity index (χ0v) is 18.6. The van der Waals surface area contributed by atoms with E-state index in [1.54, 1.807) is 24.3 Å². The topological polar surface area (TPSA) is 66.5 Å². The molecule has 2 aromatic rings. The molecule has 0 fully saturated rings. The van der Waals surface area contributed by atoms with Gasteiger partial charge in [0.2, 0.25) is 15.9 Å². The number of aryl methyl sites for hydroxylation is 1. The highest BCUT2D eigenvalue weighted by atomic mass is 79.9. The van der Waals surface area contributed by atoms with Crippen LogP contribution in [0.5, 0.6) is 0 Å². The van der Waals surface area contributed by atoms with Crippen LogP contribution in [0.1, 0.15) is 24.0 Å². The lowest BCUT2D eigenvalue weighted by Crippen LogP contribution is -2.32. The number of sulfonamides is 1. The predicted molar refractivity (Wildman–Crippen MR) is 115 cm³/mol. The lowest BCUT2D eigenvalue weighted by atomic mass is 10.1. The highest BCUT2D eigenvalue weighted by Crippen LogP contribution is 2.26. The predicted octanol–water partition coefficient (Wildman–Crippen LogP) is 4.90. The van der Waals surface area contributed by atoms with Gasteiger partial charge in [-0.3, -0.25) is 9.10 Å². The Morgan fingerprint density at radius 3 is 2.56 bits per heavy atom. The van der Waals surface area contributed by atoms with Crippen molar-refractivity contribution in [3.05, 3.63) is 57.0 Å². The summed E-state index contributed by atoms with van der Waals surface area (Å²) in [5.74, 6) is -0.192. The van der Waals surface area contributed by atoms with E-state index >= 15 is 0 Å². The third kappa shape index (κ3) is 5.96. The van der Waals surface area contributed by atoms with Crippen LogP contribution in [0.4, 0.5) is 11.4 Å². The molecule has 27 heavy (non-hydrogen) atoms. The van der Waals surface area contributed by atoms with E-state index in [4.69, 9.17) is 11.6 Å². The van der Waals surface area contributed by atoms with Gasteiger partial charge >= 0.3 is 0 Å². The quantitative estimate of drug-likeness (QED) is 0.622. The maximum Gasteiger partial charge on any atom is 0.232 e. The lowest BCUT2D eigenvalue weighted by Gasteiger charge is -2.24. The Bertz CT molecular complexity index is 948. The van der Waals surface area contributed by atoms with Gasteiger partial charge in [0, 0.05) is 23.1 Å². The van der Waals surface area contributed by atoms with Crippen LogP contribution in [0.3, 0.4) is 0 Å². The largest absolute Gasteiger partial charge is 0.326 e. The molecule has 146 valence electrons. The summed E-state index contributed by atoms with van der Waals surface area (Å²) in [6.45, 7) is 4.07. The number of amides is 1. The minimum absolute atomic E-state index is 0.192. The Kier molecular flexibility index (Phi) is 7.31. The Balaban J connectivity index is 2.02. The molecule has 0 saturated heterocycles. The molecule has 1 amide bonds. The second-order valence-electron chi connectivity index (χ2n) is 6.33. The molecular formula is C19H22BrClN2O3S. The van der Waals surface area contributed by atoms with Crippen molar-refractivity contribution in [2.24, 2.45) is 0 Å². The van der Waals surface area contributed by atoms with Crippen LogP contribution >= 0.6 is 27.5 Å². The molecule has 0 heterocycles. The number of carbonyl (C=O) groups excluding carboxylic acids is 1. The van der Waals surface area contributed by atoms with Gasteiger partial charge in [-0.2, -0.15) is 0 Å². The summed E-state index contributed by atoms with van der Waals surface area (Å²) >= 11 is 9.32. The van der Waals surface area contributed by atoms with Crippen LogP contribution in [0.25, 0.3) is 0 Å². The maximum absolute atomic E-state index is 12.2. The summed E-state index contributed by atoms with van der Waals surface area (Å²) in [5.41, 5.74) is 3.18. The monoisotopic (exact) mass is 472 g/mol. The van der Waals surface area contributed by atoms with Crippen LogP contribution < -0.4 is 9.62 Å². The first-order valence-corrected chi connectivity index (χ1v) is 11.4. The highest BCUT2D eigenvalue weighted by Gasteiger charge is 2.20. The van der Waals surface area contributed by atoms with Crippen LogP contribution in [-0.4, -0.2) is 27.1 Å². The number of nitrogens with zero attached hydrogens (tertiary/aromatic N) is 1. The van der Waals surface area contributed by atoms with E-state index in [2.05, 4.69) is 21.2 Å². The van der Waals surface area contributed by atoms with Crippen molar-refractivity contribution in [2.75, 3.05) is 22.4 Å². The molecule has 0 aliphatic carbocycles. The van der Waals surface area contributed by atoms with Crippen LogP contribution in [0.2, 0.25) is 5.02 Å². The molecule has 0 bridgehead atoms. The second-order valence-corrected chi connectivity index (χ2v) is 9.50. The zero-order chi connectivity index (χ0) is 20.2. The summed E-state index contributed by atoms with van der Waals surface area (Å²) in [6.07, 6.45) is 1.78. The van der Waals surface area contributed by atoms with Crippen LogP contribution in [0, 0.1) is 13.8 Å². The lowest BCUT2D eigenvalue weighted by molar-refractivity contribution is -0.116. The third-order valence-electron chi connectivity index (χ3n) is 4.21. The minimum Gasteiger partial charge on any atom is -0.326 e.